The minimum absolute atomic E-state index is 0.0427. The van der Waals surface area contributed by atoms with E-state index in [1.165, 1.54) is 0 Å². The van der Waals surface area contributed by atoms with Crippen LogP contribution in [0.3, 0.4) is 0 Å². The van der Waals surface area contributed by atoms with Crippen LogP contribution in [0.5, 0.6) is 0 Å². The Morgan fingerprint density at radius 2 is 1.68 bits per heavy atom. The van der Waals surface area contributed by atoms with E-state index in [1.54, 1.807) is 16.8 Å². The van der Waals surface area contributed by atoms with Gasteiger partial charge in [0.25, 0.3) is 5.91 Å². The highest BCUT2D eigenvalue weighted by atomic mass is 32.2. The fourth-order valence-corrected chi connectivity index (χ4v) is 6.39. The number of hydrogen-bond donors (Lipinski definition) is 2. The number of rotatable bonds is 5. The van der Waals surface area contributed by atoms with Gasteiger partial charge in [-0.15, -0.1) is 12.3 Å². The van der Waals surface area contributed by atoms with Crippen LogP contribution < -0.4 is 15.6 Å². The second-order valence-corrected chi connectivity index (χ2v) is 10.4. The van der Waals surface area contributed by atoms with Gasteiger partial charge in [-0.2, -0.15) is 0 Å². The van der Waals surface area contributed by atoms with E-state index in [1.807, 2.05) is 60.4 Å². The molecular formula is C29H25N5OS2. The number of aryl methyl sites for hydroxylation is 1. The van der Waals surface area contributed by atoms with Crippen LogP contribution in [0.25, 0.3) is 10.9 Å². The van der Waals surface area contributed by atoms with E-state index >= 15 is 0 Å². The smallest absolute Gasteiger partial charge is 0.256 e. The number of carbonyl (C=O) groups excluding carboxylic acids is 1. The predicted molar refractivity (Wildman–Crippen MR) is 155 cm³/mol. The Kier molecular flexibility index (Phi) is 6.03. The molecule has 0 spiro atoms. The van der Waals surface area contributed by atoms with Crippen LogP contribution in [0.4, 0.5) is 22.9 Å². The van der Waals surface area contributed by atoms with Gasteiger partial charge in [-0.25, -0.2) is 5.01 Å². The summed E-state index contributed by atoms with van der Waals surface area (Å²) in [6.45, 7) is 2.67. The number of benzene rings is 3. The molecule has 184 valence electrons. The Morgan fingerprint density at radius 1 is 1.03 bits per heavy atom. The van der Waals surface area contributed by atoms with E-state index in [4.69, 9.17) is 18.6 Å². The summed E-state index contributed by atoms with van der Waals surface area (Å²) in [5, 5.41) is 6.69. The number of para-hydroxylation sites is 3. The number of hydrogen-bond acceptors (Lipinski definition) is 4. The largest absolute Gasteiger partial charge is 0.324 e. The number of aromatic nitrogens is 1. The topological polar surface area (TPSA) is 52.5 Å². The number of nitrogens with zero attached hydrogens (tertiary/aromatic N) is 3. The van der Waals surface area contributed by atoms with E-state index < -0.39 is 6.04 Å². The van der Waals surface area contributed by atoms with Gasteiger partial charge in [-0.1, -0.05) is 61.2 Å². The van der Waals surface area contributed by atoms with Crippen LogP contribution >= 0.6 is 24.0 Å². The molecule has 3 heterocycles. The Morgan fingerprint density at radius 3 is 2.35 bits per heavy atom. The zero-order chi connectivity index (χ0) is 25.5. The summed E-state index contributed by atoms with van der Waals surface area (Å²) in [5.41, 5.74) is 7.23. The fraction of sp³-hybridized carbons (Fsp3) is 0.172. The maximum Gasteiger partial charge on any atom is 0.256 e. The summed E-state index contributed by atoms with van der Waals surface area (Å²) in [6.07, 6.45) is 6.73. The molecule has 0 bridgehead atoms. The lowest BCUT2D eigenvalue weighted by atomic mass is 10.1. The van der Waals surface area contributed by atoms with Gasteiger partial charge >= 0.3 is 0 Å². The summed E-state index contributed by atoms with van der Waals surface area (Å²) < 4.78 is 2.15. The molecule has 37 heavy (non-hydrogen) atoms. The summed E-state index contributed by atoms with van der Waals surface area (Å²) in [6, 6.07) is 23.7. The molecule has 2 aliphatic rings. The van der Waals surface area contributed by atoms with Gasteiger partial charge in [0.15, 0.2) is 5.11 Å². The van der Waals surface area contributed by atoms with Gasteiger partial charge in [-0.05, 0) is 49.0 Å². The average Bonchev–Trinajstić information content (AvgIpc) is 3.23. The number of fused-ring (bicyclic) bond motifs is 5. The van der Waals surface area contributed by atoms with E-state index in [0.29, 0.717) is 24.5 Å². The third-order valence-corrected chi connectivity index (χ3v) is 8.19. The van der Waals surface area contributed by atoms with Crippen LogP contribution in [0.15, 0.2) is 82.6 Å². The third-order valence-electron chi connectivity index (χ3n) is 6.76. The fourth-order valence-electron chi connectivity index (χ4n) is 5.07. The van der Waals surface area contributed by atoms with Crippen molar-refractivity contribution in [3.05, 3.63) is 72.8 Å². The third kappa shape index (κ3) is 3.82. The maximum absolute atomic E-state index is 14.3. The summed E-state index contributed by atoms with van der Waals surface area (Å²) in [4.78, 5) is 18.3. The number of thiocarbonyl (C=S) groups is 1. The normalized spacial score (nSPS) is 14.6. The van der Waals surface area contributed by atoms with Gasteiger partial charge in [0.05, 0.1) is 16.9 Å². The van der Waals surface area contributed by atoms with Crippen molar-refractivity contribution >= 4 is 68.8 Å². The number of hydrazine groups is 1. The van der Waals surface area contributed by atoms with Gasteiger partial charge < -0.3 is 9.88 Å². The highest BCUT2D eigenvalue weighted by Gasteiger charge is 2.38. The molecule has 4 aromatic rings. The quantitative estimate of drug-likeness (QED) is 0.227. The number of terminal acetylenes is 1. The predicted octanol–water partition coefficient (Wildman–Crippen LogP) is 6.61. The van der Waals surface area contributed by atoms with Gasteiger partial charge in [0.2, 0.25) is 0 Å². The first-order valence-electron chi connectivity index (χ1n) is 12.2. The molecule has 2 N–H and O–H groups in total. The molecule has 0 saturated heterocycles. The minimum Gasteiger partial charge on any atom is -0.324 e. The van der Waals surface area contributed by atoms with Crippen LogP contribution in [-0.2, 0) is 11.3 Å². The SMILES string of the molecule is C#CCCn1c2c(c3ccccc31)NN(C(CC)C(=O)N1c3ccccc3Sc3ccccc31)C(=S)N2. The molecule has 1 atom stereocenters. The molecule has 0 fully saturated rings. The Hall–Kier alpha value is -3.93. The highest BCUT2D eigenvalue weighted by molar-refractivity contribution is 7.99. The van der Waals surface area contributed by atoms with Crippen LogP contribution in [-0.4, -0.2) is 26.6 Å². The lowest BCUT2D eigenvalue weighted by Gasteiger charge is -2.40. The second kappa shape index (κ2) is 9.51. The number of amides is 1. The van der Waals surface area contributed by atoms with Crippen molar-refractivity contribution in [3.8, 4) is 12.3 Å². The van der Waals surface area contributed by atoms with E-state index in [9.17, 15) is 4.79 Å². The highest BCUT2D eigenvalue weighted by Crippen LogP contribution is 2.48. The van der Waals surface area contributed by atoms with E-state index in [-0.39, 0.29) is 5.91 Å². The van der Waals surface area contributed by atoms with Crippen molar-refractivity contribution in [2.45, 2.75) is 42.1 Å². The monoisotopic (exact) mass is 523 g/mol. The Balaban J connectivity index is 1.40. The number of anilines is 4. The Labute approximate surface area is 225 Å². The molecule has 0 saturated carbocycles. The minimum atomic E-state index is -0.537. The van der Waals surface area contributed by atoms with Gasteiger partial charge in [-0.3, -0.25) is 15.1 Å². The standard InChI is InChI=1S/C29H25N5OS2/c1-3-5-18-32-21-13-7-6-12-19(21)26-27(32)30-29(36)34(31-26)20(4-2)28(35)33-22-14-8-10-16-24(22)37-25-17-11-9-15-23(25)33/h1,6-17,20,31H,4-5,18H2,2H3,(H,30,36). The lowest BCUT2D eigenvalue weighted by molar-refractivity contribution is -0.121. The van der Waals surface area contributed by atoms with Gasteiger partial charge in [0, 0.05) is 28.1 Å². The summed E-state index contributed by atoms with van der Waals surface area (Å²) in [7, 11) is 0. The summed E-state index contributed by atoms with van der Waals surface area (Å²) in [5.74, 6) is 3.55. The lowest BCUT2D eigenvalue weighted by Crippen LogP contribution is -2.55. The first-order valence-corrected chi connectivity index (χ1v) is 13.5. The van der Waals surface area contributed by atoms with Crippen molar-refractivity contribution in [1.29, 1.82) is 0 Å². The molecule has 1 unspecified atom stereocenters. The van der Waals surface area contributed by atoms with E-state index in [0.717, 1.165) is 43.6 Å². The Bertz CT molecular complexity index is 1540. The molecule has 6 rings (SSSR count). The average molecular weight is 524 g/mol. The number of carbonyl (C=O) groups is 1. The molecule has 8 heteroatoms. The van der Waals surface area contributed by atoms with Crippen molar-refractivity contribution in [1.82, 2.24) is 9.58 Å². The molecule has 1 amide bonds. The second-order valence-electron chi connectivity index (χ2n) is 8.89. The zero-order valence-corrected chi connectivity index (χ0v) is 21.9. The van der Waals surface area contributed by atoms with Gasteiger partial charge in [0.1, 0.15) is 17.5 Å². The number of nitrogens with one attached hydrogen (secondary N) is 2. The van der Waals surface area contributed by atoms with Crippen molar-refractivity contribution < 1.29 is 4.79 Å². The van der Waals surface area contributed by atoms with E-state index in [2.05, 4.69) is 45.5 Å². The maximum atomic E-state index is 14.3. The zero-order valence-electron chi connectivity index (χ0n) is 20.3. The summed E-state index contributed by atoms with van der Waals surface area (Å²) >= 11 is 7.51. The molecule has 2 aliphatic heterocycles. The van der Waals surface area contributed by atoms with Crippen molar-refractivity contribution in [3.63, 3.8) is 0 Å². The molecule has 6 nitrogen and oxygen atoms in total. The molecule has 0 aliphatic carbocycles. The first kappa shape index (κ1) is 23.5. The van der Waals surface area contributed by atoms with Crippen LogP contribution in [0, 0.1) is 12.3 Å². The molecule has 3 aromatic carbocycles. The van der Waals surface area contributed by atoms with Crippen molar-refractivity contribution in [2.24, 2.45) is 0 Å². The first-order chi connectivity index (χ1) is 18.1. The van der Waals surface area contributed by atoms with Crippen LogP contribution in [0.2, 0.25) is 0 Å². The molecular weight excluding hydrogens is 498 g/mol. The molecule has 1 aromatic heterocycles. The van der Waals surface area contributed by atoms with Crippen LogP contribution in [0.1, 0.15) is 19.8 Å². The van der Waals surface area contributed by atoms with Crippen molar-refractivity contribution in [2.75, 3.05) is 15.6 Å². The molecule has 0 radical (unpaired) electrons.